The van der Waals surface area contributed by atoms with Crippen LogP contribution in [0.5, 0.6) is 5.75 Å². The van der Waals surface area contributed by atoms with Gasteiger partial charge in [-0.3, -0.25) is 14.5 Å². The van der Waals surface area contributed by atoms with Crippen LogP contribution in [0.25, 0.3) is 0 Å². The number of hydrogen-bond acceptors (Lipinski definition) is 6. The lowest BCUT2D eigenvalue weighted by molar-refractivity contribution is -0.123. The zero-order valence-corrected chi connectivity index (χ0v) is 20.5. The van der Waals surface area contributed by atoms with Gasteiger partial charge in [0.2, 0.25) is 0 Å². The number of nitrogens with one attached hydrogen (secondary N) is 2. The number of carbonyl (C=O) groups excluding carboxylic acids is 2. The number of benzene rings is 2. The summed E-state index contributed by atoms with van der Waals surface area (Å²) in [5, 5.41) is 16.0. The molecule has 0 saturated carbocycles. The first-order valence-corrected chi connectivity index (χ1v) is 12.2. The van der Waals surface area contributed by atoms with E-state index in [0.717, 1.165) is 25.2 Å². The van der Waals surface area contributed by atoms with Crippen LogP contribution in [0.3, 0.4) is 0 Å². The number of imidazole rings is 1. The third kappa shape index (κ3) is 7.40. The number of amides is 2. The third-order valence-electron chi connectivity index (χ3n) is 6.10. The molecule has 2 aromatic carbocycles. The summed E-state index contributed by atoms with van der Waals surface area (Å²) in [7, 11) is 1.90. The van der Waals surface area contributed by atoms with E-state index >= 15 is 0 Å². The smallest absolute Gasteiger partial charge is 0.258 e. The molecule has 0 bridgehead atoms. The fraction of sp³-hybridized carbons (Fsp3) is 0.370. The average Bonchev–Trinajstić information content (AvgIpc) is 3.31. The summed E-state index contributed by atoms with van der Waals surface area (Å²) in [5.74, 6) is -0.123. The number of β-amino-alcohol motifs (C(OH)–C–C–N with tert-alkyl or cyclic N) is 1. The highest BCUT2D eigenvalue weighted by atomic mass is 16.5. The van der Waals surface area contributed by atoms with Crippen LogP contribution in [0.2, 0.25) is 0 Å². The first kappa shape index (κ1) is 25.4. The third-order valence-corrected chi connectivity index (χ3v) is 6.10. The molecule has 1 aliphatic heterocycles. The number of ether oxygens (including phenoxy) is 1. The fourth-order valence-electron chi connectivity index (χ4n) is 4.23. The Morgan fingerprint density at radius 2 is 1.97 bits per heavy atom. The SMILES string of the molecule is Cn1cnc(CCNC(=O)c2cccc(OCC(=O)NC[C@@H](O)CN3CCc4ccccc4C3)c2)c1. The molecule has 0 saturated heterocycles. The maximum Gasteiger partial charge on any atom is 0.258 e. The van der Waals surface area contributed by atoms with Gasteiger partial charge < -0.3 is 25.0 Å². The van der Waals surface area contributed by atoms with Gasteiger partial charge in [0.1, 0.15) is 5.75 Å². The van der Waals surface area contributed by atoms with Crippen molar-refractivity contribution in [2.24, 2.45) is 7.05 Å². The average molecular weight is 492 g/mol. The number of carbonyl (C=O) groups is 2. The Morgan fingerprint density at radius 3 is 2.78 bits per heavy atom. The Labute approximate surface area is 211 Å². The lowest BCUT2D eigenvalue weighted by Gasteiger charge is -2.30. The summed E-state index contributed by atoms with van der Waals surface area (Å²) < 4.78 is 7.42. The molecule has 0 spiro atoms. The van der Waals surface area contributed by atoms with Crippen LogP contribution in [0.4, 0.5) is 0 Å². The van der Waals surface area contributed by atoms with Crippen molar-refractivity contribution in [2.45, 2.75) is 25.5 Å². The Balaban J connectivity index is 1.15. The zero-order valence-electron chi connectivity index (χ0n) is 20.5. The molecular weight excluding hydrogens is 458 g/mol. The van der Waals surface area contributed by atoms with Crippen LogP contribution in [-0.2, 0) is 31.2 Å². The number of aryl methyl sites for hydroxylation is 1. The van der Waals surface area contributed by atoms with E-state index in [1.54, 1.807) is 30.6 Å². The number of hydrogen-bond donors (Lipinski definition) is 3. The second-order valence-electron chi connectivity index (χ2n) is 9.06. The van der Waals surface area contributed by atoms with Gasteiger partial charge in [0.05, 0.1) is 18.1 Å². The summed E-state index contributed by atoms with van der Waals surface area (Å²) in [6.45, 7) is 2.60. The molecule has 9 nitrogen and oxygen atoms in total. The lowest BCUT2D eigenvalue weighted by atomic mass is 10.00. The minimum absolute atomic E-state index is 0.152. The highest BCUT2D eigenvalue weighted by Gasteiger charge is 2.19. The van der Waals surface area contributed by atoms with Crippen molar-refractivity contribution < 1.29 is 19.4 Å². The van der Waals surface area contributed by atoms with Crippen LogP contribution in [0, 0.1) is 0 Å². The fourth-order valence-corrected chi connectivity index (χ4v) is 4.23. The minimum Gasteiger partial charge on any atom is -0.484 e. The summed E-state index contributed by atoms with van der Waals surface area (Å²) in [4.78, 5) is 31.1. The van der Waals surface area contributed by atoms with Crippen LogP contribution >= 0.6 is 0 Å². The molecule has 2 heterocycles. The van der Waals surface area contributed by atoms with Gasteiger partial charge in [0.15, 0.2) is 6.61 Å². The Morgan fingerprint density at radius 1 is 1.14 bits per heavy atom. The van der Waals surface area contributed by atoms with Gasteiger partial charge in [-0.15, -0.1) is 0 Å². The monoisotopic (exact) mass is 491 g/mol. The summed E-state index contributed by atoms with van der Waals surface area (Å²) in [5.41, 5.74) is 4.01. The highest BCUT2D eigenvalue weighted by Crippen LogP contribution is 2.18. The molecule has 0 aliphatic carbocycles. The molecule has 36 heavy (non-hydrogen) atoms. The van der Waals surface area contributed by atoms with E-state index in [-0.39, 0.29) is 25.0 Å². The van der Waals surface area contributed by atoms with E-state index in [1.807, 2.05) is 23.9 Å². The standard InChI is InChI=1S/C27H33N5O4/c1-31-16-23(30-19-31)9-11-28-27(35)21-7-4-8-25(13-21)36-18-26(34)29-14-24(33)17-32-12-10-20-5-2-3-6-22(20)15-32/h2-8,13,16,19,24,33H,9-12,14-15,17-18H2,1H3,(H,28,35)(H,29,34)/t24-/m1/s1. The quantitative estimate of drug-likeness (QED) is 0.373. The van der Waals surface area contributed by atoms with Crippen molar-refractivity contribution in [1.82, 2.24) is 25.1 Å². The number of nitrogens with zero attached hydrogens (tertiary/aromatic N) is 3. The molecule has 1 aliphatic rings. The van der Waals surface area contributed by atoms with Crippen molar-refractivity contribution >= 4 is 11.8 Å². The molecule has 9 heteroatoms. The minimum atomic E-state index is -0.669. The molecule has 2 amide bonds. The van der Waals surface area contributed by atoms with Crippen LogP contribution in [0.15, 0.2) is 61.1 Å². The first-order chi connectivity index (χ1) is 17.5. The predicted molar refractivity (Wildman–Crippen MR) is 136 cm³/mol. The highest BCUT2D eigenvalue weighted by molar-refractivity contribution is 5.94. The van der Waals surface area contributed by atoms with Crippen molar-refractivity contribution in [3.05, 3.63) is 83.4 Å². The van der Waals surface area contributed by atoms with Crippen LogP contribution < -0.4 is 15.4 Å². The lowest BCUT2D eigenvalue weighted by Crippen LogP contribution is -2.42. The van der Waals surface area contributed by atoms with Gasteiger partial charge >= 0.3 is 0 Å². The van der Waals surface area contributed by atoms with E-state index in [0.29, 0.717) is 30.8 Å². The zero-order chi connectivity index (χ0) is 25.3. The number of aliphatic hydroxyl groups is 1. The number of aliphatic hydroxyl groups excluding tert-OH is 1. The normalized spacial score (nSPS) is 14.1. The molecule has 0 unspecified atom stereocenters. The van der Waals surface area contributed by atoms with Gasteiger partial charge in [-0.2, -0.15) is 0 Å². The molecule has 1 aromatic heterocycles. The Kier molecular flexibility index (Phi) is 8.70. The maximum atomic E-state index is 12.4. The second kappa shape index (κ2) is 12.3. The molecular formula is C27H33N5O4. The van der Waals surface area contributed by atoms with E-state index in [4.69, 9.17) is 4.74 Å². The Bertz CT molecular complexity index is 1180. The largest absolute Gasteiger partial charge is 0.484 e. The van der Waals surface area contributed by atoms with E-state index in [2.05, 4.69) is 38.7 Å². The van der Waals surface area contributed by atoms with Crippen molar-refractivity contribution in [2.75, 3.05) is 32.8 Å². The summed E-state index contributed by atoms with van der Waals surface area (Å²) >= 11 is 0. The second-order valence-corrected chi connectivity index (χ2v) is 9.06. The maximum absolute atomic E-state index is 12.4. The molecule has 4 rings (SSSR count). The van der Waals surface area contributed by atoms with Gasteiger partial charge in [-0.1, -0.05) is 30.3 Å². The molecule has 0 fully saturated rings. The number of rotatable bonds is 11. The van der Waals surface area contributed by atoms with Crippen LogP contribution in [-0.4, -0.2) is 70.3 Å². The molecule has 190 valence electrons. The molecule has 0 radical (unpaired) electrons. The van der Waals surface area contributed by atoms with Gasteiger partial charge in [-0.25, -0.2) is 4.98 Å². The van der Waals surface area contributed by atoms with Gasteiger partial charge in [0, 0.05) is 58.0 Å². The van der Waals surface area contributed by atoms with E-state index in [9.17, 15) is 14.7 Å². The number of aromatic nitrogens is 2. The molecule has 3 N–H and O–H groups in total. The van der Waals surface area contributed by atoms with Crippen molar-refractivity contribution in [3.8, 4) is 5.75 Å². The first-order valence-electron chi connectivity index (χ1n) is 12.2. The van der Waals surface area contributed by atoms with Gasteiger partial charge in [-0.05, 0) is 35.7 Å². The summed E-state index contributed by atoms with van der Waals surface area (Å²) in [6.07, 6.45) is 4.57. The summed E-state index contributed by atoms with van der Waals surface area (Å²) in [6, 6.07) is 15.1. The van der Waals surface area contributed by atoms with Crippen molar-refractivity contribution in [1.29, 1.82) is 0 Å². The number of fused-ring (bicyclic) bond motifs is 1. The Hall–Kier alpha value is -3.69. The topological polar surface area (TPSA) is 109 Å². The predicted octanol–water partition coefficient (Wildman–Crippen LogP) is 1.31. The van der Waals surface area contributed by atoms with E-state index < -0.39 is 6.10 Å². The van der Waals surface area contributed by atoms with Crippen molar-refractivity contribution in [3.63, 3.8) is 0 Å². The van der Waals surface area contributed by atoms with E-state index in [1.165, 1.54) is 11.1 Å². The van der Waals surface area contributed by atoms with Crippen LogP contribution in [0.1, 0.15) is 27.2 Å². The van der Waals surface area contributed by atoms with Gasteiger partial charge in [0.25, 0.3) is 11.8 Å². The molecule has 1 atom stereocenters. The molecule has 3 aromatic rings.